The highest BCUT2D eigenvalue weighted by atomic mass is 32.1. The second-order valence-corrected chi connectivity index (χ2v) is 9.05. The van der Waals surface area contributed by atoms with Crippen molar-refractivity contribution in [1.29, 1.82) is 0 Å². The van der Waals surface area contributed by atoms with Crippen LogP contribution < -0.4 is 0 Å². The number of carbonyl (C=O) groups excluding carboxylic acids is 1. The number of piperidine rings is 1. The number of thiophene rings is 1. The summed E-state index contributed by atoms with van der Waals surface area (Å²) in [7, 11) is 0. The molecule has 0 aliphatic carbocycles. The average molecular weight is 372 g/mol. The van der Waals surface area contributed by atoms with Crippen LogP contribution >= 0.6 is 11.3 Å². The summed E-state index contributed by atoms with van der Waals surface area (Å²) in [5.41, 5.74) is 0.837. The van der Waals surface area contributed by atoms with E-state index >= 15 is 0 Å². The Balaban J connectivity index is 1.92. The maximum absolute atomic E-state index is 13.0. The number of ether oxygens (including phenoxy) is 1. The maximum atomic E-state index is 13.0. The van der Waals surface area contributed by atoms with Gasteiger partial charge in [0.15, 0.2) is 0 Å². The van der Waals surface area contributed by atoms with Crippen molar-refractivity contribution in [3.05, 3.63) is 58.3 Å². The smallest absolute Gasteiger partial charge is 0.311 e. The van der Waals surface area contributed by atoms with Gasteiger partial charge in [-0.25, -0.2) is 0 Å². The average Bonchev–Trinajstić information content (AvgIpc) is 3.14. The molecule has 2 heterocycles. The molecule has 3 atom stereocenters. The number of likely N-dealkylation sites (tertiary alicyclic amines) is 1. The summed E-state index contributed by atoms with van der Waals surface area (Å²) in [6.07, 6.45) is 1.90. The molecule has 0 spiro atoms. The molecule has 0 saturated carbocycles. The highest BCUT2D eigenvalue weighted by Crippen LogP contribution is 2.43. The van der Waals surface area contributed by atoms with E-state index in [2.05, 4.69) is 53.6 Å². The normalized spacial score (nSPS) is 22.8. The molecule has 3 nitrogen and oxygen atoms in total. The third-order valence-corrected chi connectivity index (χ3v) is 5.94. The molecule has 1 aromatic heterocycles. The molecule has 0 amide bonds. The number of esters is 1. The van der Waals surface area contributed by atoms with Crippen LogP contribution in [0.4, 0.5) is 0 Å². The zero-order valence-corrected chi connectivity index (χ0v) is 17.0. The predicted molar refractivity (Wildman–Crippen MR) is 107 cm³/mol. The number of nitrogens with zero attached hydrogens (tertiary/aromatic N) is 1. The van der Waals surface area contributed by atoms with Gasteiger partial charge in [-0.3, -0.25) is 9.69 Å². The second-order valence-electron chi connectivity index (χ2n) is 8.07. The quantitative estimate of drug-likeness (QED) is 0.655. The molecule has 0 radical (unpaired) electrons. The van der Waals surface area contributed by atoms with E-state index in [9.17, 15) is 4.79 Å². The van der Waals surface area contributed by atoms with Crippen molar-refractivity contribution in [2.24, 2.45) is 5.92 Å². The van der Waals surface area contributed by atoms with Gasteiger partial charge in [-0.2, -0.15) is 0 Å². The SMILES string of the molecule is C[C@H](c1ccccc1)N1CCC[C@H](C(=O)OC(C)(C)C)[C@H]1c1cccs1. The van der Waals surface area contributed by atoms with E-state index in [4.69, 9.17) is 4.74 Å². The number of hydrogen-bond donors (Lipinski definition) is 0. The molecule has 26 heavy (non-hydrogen) atoms. The minimum absolute atomic E-state index is 0.0686. The molecule has 0 bridgehead atoms. The number of carbonyl (C=O) groups is 1. The highest BCUT2D eigenvalue weighted by molar-refractivity contribution is 7.10. The second kappa shape index (κ2) is 7.93. The lowest BCUT2D eigenvalue weighted by molar-refractivity contribution is -0.165. The summed E-state index contributed by atoms with van der Waals surface area (Å²) >= 11 is 1.74. The van der Waals surface area contributed by atoms with Gasteiger partial charge in [0, 0.05) is 10.9 Å². The van der Waals surface area contributed by atoms with E-state index in [1.54, 1.807) is 11.3 Å². The van der Waals surface area contributed by atoms with Crippen molar-refractivity contribution in [3.8, 4) is 0 Å². The lowest BCUT2D eigenvalue weighted by Crippen LogP contribution is -2.44. The maximum Gasteiger partial charge on any atom is 0.311 e. The molecule has 1 fully saturated rings. The fraction of sp³-hybridized carbons (Fsp3) is 0.500. The molecule has 3 rings (SSSR count). The Morgan fingerprint density at radius 3 is 2.54 bits per heavy atom. The summed E-state index contributed by atoms with van der Waals surface area (Å²) < 4.78 is 5.78. The molecule has 1 aromatic carbocycles. The molecule has 1 saturated heterocycles. The Kier molecular flexibility index (Phi) is 5.83. The molecule has 1 aliphatic rings. The standard InChI is InChI=1S/C22H29NO2S/c1-16(17-10-6-5-7-11-17)23-14-8-12-18(21(24)25-22(2,3)4)20(23)19-13-9-15-26-19/h5-7,9-11,13,15-16,18,20H,8,12,14H2,1-4H3/t16-,18+,20+/m1/s1. The molecule has 2 aromatic rings. The van der Waals surface area contributed by atoms with Crippen LogP contribution in [-0.4, -0.2) is 23.0 Å². The molecule has 140 valence electrons. The van der Waals surface area contributed by atoms with E-state index < -0.39 is 5.60 Å². The van der Waals surface area contributed by atoms with Crippen LogP contribution in [0.2, 0.25) is 0 Å². The van der Waals surface area contributed by atoms with Gasteiger partial charge in [0.25, 0.3) is 0 Å². The van der Waals surface area contributed by atoms with Gasteiger partial charge in [0.1, 0.15) is 5.60 Å². The first-order valence-electron chi connectivity index (χ1n) is 9.44. The topological polar surface area (TPSA) is 29.5 Å². The summed E-state index contributed by atoms with van der Waals surface area (Å²) in [5, 5.41) is 2.10. The highest BCUT2D eigenvalue weighted by Gasteiger charge is 2.41. The van der Waals surface area contributed by atoms with Crippen molar-refractivity contribution < 1.29 is 9.53 Å². The van der Waals surface area contributed by atoms with Crippen molar-refractivity contribution in [2.75, 3.05) is 6.54 Å². The van der Waals surface area contributed by atoms with Crippen LogP contribution in [0, 0.1) is 5.92 Å². The van der Waals surface area contributed by atoms with Gasteiger partial charge in [0.2, 0.25) is 0 Å². The van der Waals surface area contributed by atoms with Crippen LogP contribution in [0.15, 0.2) is 47.8 Å². The largest absolute Gasteiger partial charge is 0.460 e. The van der Waals surface area contributed by atoms with Crippen molar-refractivity contribution in [2.45, 2.75) is 58.2 Å². The monoisotopic (exact) mass is 371 g/mol. The minimum atomic E-state index is -0.454. The van der Waals surface area contributed by atoms with E-state index in [0.29, 0.717) is 0 Å². The summed E-state index contributed by atoms with van der Waals surface area (Å²) in [6.45, 7) is 9.07. The molecule has 0 unspecified atom stereocenters. The third-order valence-electron chi connectivity index (χ3n) is 4.99. The molecule has 0 N–H and O–H groups in total. The van der Waals surface area contributed by atoms with E-state index in [0.717, 1.165) is 19.4 Å². The first-order valence-corrected chi connectivity index (χ1v) is 10.3. The van der Waals surface area contributed by atoms with Crippen molar-refractivity contribution >= 4 is 17.3 Å². The fourth-order valence-electron chi connectivity index (χ4n) is 3.82. The van der Waals surface area contributed by atoms with E-state index in [1.807, 2.05) is 26.8 Å². The van der Waals surface area contributed by atoms with Crippen LogP contribution in [-0.2, 0) is 9.53 Å². The Labute approximate surface area is 161 Å². The Morgan fingerprint density at radius 2 is 1.92 bits per heavy atom. The summed E-state index contributed by atoms with van der Waals surface area (Å²) in [5.74, 6) is -0.186. The zero-order chi connectivity index (χ0) is 18.7. The first-order chi connectivity index (χ1) is 12.4. The van der Waals surface area contributed by atoms with Crippen LogP contribution in [0.5, 0.6) is 0 Å². The van der Waals surface area contributed by atoms with Gasteiger partial charge in [-0.05, 0) is 64.1 Å². The Bertz CT molecular complexity index is 705. The molecule has 1 aliphatic heterocycles. The van der Waals surface area contributed by atoms with Gasteiger partial charge in [0.05, 0.1) is 12.0 Å². The van der Waals surface area contributed by atoms with Crippen LogP contribution in [0.1, 0.15) is 63.1 Å². The number of benzene rings is 1. The molecular weight excluding hydrogens is 342 g/mol. The van der Waals surface area contributed by atoms with Gasteiger partial charge < -0.3 is 4.74 Å². The number of rotatable bonds is 4. The fourth-order valence-corrected chi connectivity index (χ4v) is 4.74. The Morgan fingerprint density at radius 1 is 1.19 bits per heavy atom. The van der Waals surface area contributed by atoms with Crippen molar-refractivity contribution in [3.63, 3.8) is 0 Å². The third kappa shape index (κ3) is 4.36. The summed E-state index contributed by atoms with van der Waals surface area (Å²) in [4.78, 5) is 16.7. The lowest BCUT2D eigenvalue weighted by atomic mass is 9.86. The predicted octanol–water partition coefficient (Wildman–Crippen LogP) is 5.60. The summed E-state index contributed by atoms with van der Waals surface area (Å²) in [6, 6.07) is 15.1. The molecular formula is C22H29NO2S. The minimum Gasteiger partial charge on any atom is -0.460 e. The molecule has 4 heteroatoms. The van der Waals surface area contributed by atoms with Gasteiger partial charge >= 0.3 is 5.97 Å². The van der Waals surface area contributed by atoms with Gasteiger partial charge in [-0.1, -0.05) is 36.4 Å². The zero-order valence-electron chi connectivity index (χ0n) is 16.1. The van der Waals surface area contributed by atoms with Crippen molar-refractivity contribution in [1.82, 2.24) is 4.90 Å². The number of hydrogen-bond acceptors (Lipinski definition) is 4. The van der Waals surface area contributed by atoms with Crippen LogP contribution in [0.25, 0.3) is 0 Å². The first kappa shape index (κ1) is 19.1. The lowest BCUT2D eigenvalue weighted by Gasteiger charge is -2.43. The Hall–Kier alpha value is -1.65. The van der Waals surface area contributed by atoms with Gasteiger partial charge in [-0.15, -0.1) is 11.3 Å². The van der Waals surface area contributed by atoms with E-state index in [-0.39, 0.29) is 24.0 Å². The van der Waals surface area contributed by atoms with E-state index in [1.165, 1.54) is 10.4 Å². The van der Waals surface area contributed by atoms with Crippen LogP contribution in [0.3, 0.4) is 0 Å².